The van der Waals surface area contributed by atoms with Crippen LogP contribution in [0, 0.1) is 0 Å². The van der Waals surface area contributed by atoms with E-state index in [-0.39, 0.29) is 17.6 Å². The van der Waals surface area contributed by atoms with Crippen LogP contribution in [0.25, 0.3) is 0 Å². The average molecular weight is 334 g/mol. The van der Waals surface area contributed by atoms with Gasteiger partial charge in [-0.15, -0.1) is 11.3 Å². The molecule has 1 saturated heterocycles. The highest BCUT2D eigenvalue weighted by atomic mass is 32.1. The van der Waals surface area contributed by atoms with Crippen LogP contribution in [0.4, 0.5) is 5.13 Å². The number of carbonyl (C=O) groups is 1. The summed E-state index contributed by atoms with van der Waals surface area (Å²) in [6.45, 7) is 6.23. The third-order valence-corrected chi connectivity index (χ3v) is 5.43. The van der Waals surface area contributed by atoms with Crippen LogP contribution < -0.4 is 10.6 Å². The number of anilines is 1. The highest BCUT2D eigenvalue weighted by Gasteiger charge is 2.20. The quantitative estimate of drug-likeness (QED) is 0.876. The minimum atomic E-state index is -0.293. The lowest BCUT2D eigenvalue weighted by molar-refractivity contribution is 0.0987. The number of rotatable bonds is 5. The fourth-order valence-corrected chi connectivity index (χ4v) is 3.62. The normalized spacial score (nSPS) is 17.1. The largest absolute Gasteiger partial charge is 0.351 e. The zero-order valence-corrected chi connectivity index (χ0v) is 14.3. The molecule has 0 spiro atoms. The summed E-state index contributed by atoms with van der Waals surface area (Å²) in [4.78, 5) is 17.8. The predicted molar refractivity (Wildman–Crippen MR) is 90.1 cm³/mol. The molecule has 1 unspecified atom stereocenters. The minimum absolute atomic E-state index is 0.235. The molecule has 1 amide bonds. The third-order valence-electron chi connectivity index (χ3n) is 4.36. The van der Waals surface area contributed by atoms with Crippen molar-refractivity contribution in [1.82, 2.24) is 15.5 Å². The maximum absolute atomic E-state index is 12.2. The van der Waals surface area contributed by atoms with Crippen LogP contribution in [0.1, 0.15) is 66.1 Å². The molecule has 124 valence electrons. The Kier molecular flexibility index (Phi) is 5.07. The monoisotopic (exact) mass is 334 g/mol. The van der Waals surface area contributed by atoms with E-state index in [0.717, 1.165) is 38.0 Å². The molecule has 0 radical (unpaired) electrons. The number of carbonyl (C=O) groups excluding carboxylic acids is 1. The SMILES string of the molecule is CCC(C)c1cc(C(=O)Nc2ncc(C3CCNCC3)s2)on1. The molecule has 23 heavy (non-hydrogen) atoms. The number of amides is 1. The molecule has 1 atom stereocenters. The maximum Gasteiger partial charge on any atom is 0.296 e. The molecule has 0 bridgehead atoms. The van der Waals surface area contributed by atoms with Crippen LogP contribution in [0.3, 0.4) is 0 Å². The molecule has 1 aliphatic heterocycles. The maximum atomic E-state index is 12.2. The molecule has 3 rings (SSSR count). The Balaban J connectivity index is 1.63. The van der Waals surface area contributed by atoms with Gasteiger partial charge in [0.05, 0.1) is 5.69 Å². The van der Waals surface area contributed by atoms with Gasteiger partial charge in [0.25, 0.3) is 5.91 Å². The first-order chi connectivity index (χ1) is 11.2. The zero-order chi connectivity index (χ0) is 16.2. The Morgan fingerprint density at radius 1 is 1.52 bits per heavy atom. The van der Waals surface area contributed by atoms with Crippen molar-refractivity contribution in [3.63, 3.8) is 0 Å². The highest BCUT2D eigenvalue weighted by Crippen LogP contribution is 2.31. The predicted octanol–water partition coefficient (Wildman–Crippen LogP) is 3.36. The lowest BCUT2D eigenvalue weighted by atomic mass is 9.97. The van der Waals surface area contributed by atoms with E-state index in [2.05, 4.69) is 34.6 Å². The van der Waals surface area contributed by atoms with Crippen LogP contribution >= 0.6 is 11.3 Å². The molecule has 1 aliphatic rings. The van der Waals surface area contributed by atoms with Gasteiger partial charge in [-0.05, 0) is 38.3 Å². The van der Waals surface area contributed by atoms with E-state index in [1.807, 2.05) is 6.20 Å². The van der Waals surface area contributed by atoms with E-state index in [9.17, 15) is 4.79 Å². The van der Waals surface area contributed by atoms with Crippen molar-refractivity contribution in [2.75, 3.05) is 18.4 Å². The van der Waals surface area contributed by atoms with Gasteiger partial charge in [0, 0.05) is 23.1 Å². The van der Waals surface area contributed by atoms with E-state index < -0.39 is 0 Å². The summed E-state index contributed by atoms with van der Waals surface area (Å²) < 4.78 is 5.15. The third kappa shape index (κ3) is 3.79. The summed E-state index contributed by atoms with van der Waals surface area (Å²) in [6.07, 6.45) is 5.08. The van der Waals surface area contributed by atoms with Crippen LogP contribution in [0.15, 0.2) is 16.8 Å². The minimum Gasteiger partial charge on any atom is -0.351 e. The van der Waals surface area contributed by atoms with E-state index in [1.54, 1.807) is 17.4 Å². The second-order valence-corrected chi connectivity index (χ2v) is 7.03. The van der Waals surface area contributed by atoms with Crippen molar-refractivity contribution in [2.24, 2.45) is 0 Å². The number of piperidine rings is 1. The van der Waals surface area contributed by atoms with Gasteiger partial charge in [0.15, 0.2) is 5.13 Å². The van der Waals surface area contributed by atoms with Crippen molar-refractivity contribution in [1.29, 1.82) is 0 Å². The summed E-state index contributed by atoms with van der Waals surface area (Å²) >= 11 is 1.55. The first-order valence-corrected chi connectivity index (χ1v) is 8.93. The van der Waals surface area contributed by atoms with E-state index >= 15 is 0 Å². The first-order valence-electron chi connectivity index (χ1n) is 8.11. The average Bonchev–Trinajstić information content (AvgIpc) is 3.24. The molecule has 2 aromatic heterocycles. The number of thiazole rings is 1. The van der Waals surface area contributed by atoms with Gasteiger partial charge >= 0.3 is 0 Å². The Labute approximate surface area is 139 Å². The van der Waals surface area contributed by atoms with E-state index in [4.69, 9.17) is 4.52 Å². The standard InChI is InChI=1S/C16H22N4O2S/c1-3-10(2)12-8-13(22-20-12)15(21)19-16-18-9-14(23-16)11-4-6-17-7-5-11/h8-11,17H,3-7H2,1-2H3,(H,18,19,21). The number of hydrogen-bond donors (Lipinski definition) is 2. The van der Waals surface area contributed by atoms with Crippen molar-refractivity contribution in [3.8, 4) is 0 Å². The first kappa shape index (κ1) is 16.1. The molecular weight excluding hydrogens is 312 g/mol. The Hall–Kier alpha value is -1.73. The summed E-state index contributed by atoms with van der Waals surface area (Å²) in [5.41, 5.74) is 0.812. The zero-order valence-electron chi connectivity index (χ0n) is 13.5. The van der Waals surface area contributed by atoms with Crippen molar-refractivity contribution in [3.05, 3.63) is 28.6 Å². The van der Waals surface area contributed by atoms with E-state index in [0.29, 0.717) is 11.0 Å². The molecule has 3 heterocycles. The van der Waals surface area contributed by atoms with Gasteiger partial charge in [-0.25, -0.2) is 4.98 Å². The smallest absolute Gasteiger partial charge is 0.296 e. The second kappa shape index (κ2) is 7.23. The molecule has 2 aromatic rings. The fraction of sp³-hybridized carbons (Fsp3) is 0.562. The van der Waals surface area contributed by atoms with Gasteiger partial charge < -0.3 is 9.84 Å². The molecule has 2 N–H and O–H groups in total. The number of nitrogens with zero attached hydrogens (tertiary/aromatic N) is 2. The second-order valence-electron chi connectivity index (χ2n) is 5.97. The Morgan fingerprint density at radius 3 is 3.04 bits per heavy atom. The van der Waals surface area contributed by atoms with Gasteiger partial charge in [-0.3, -0.25) is 10.1 Å². The lowest BCUT2D eigenvalue weighted by Gasteiger charge is -2.20. The summed E-state index contributed by atoms with van der Waals surface area (Å²) in [7, 11) is 0. The summed E-state index contributed by atoms with van der Waals surface area (Å²) in [5, 5.41) is 10.7. The van der Waals surface area contributed by atoms with Crippen molar-refractivity contribution >= 4 is 22.4 Å². The summed E-state index contributed by atoms with van der Waals surface area (Å²) in [5.74, 6) is 0.769. The van der Waals surface area contributed by atoms with Crippen LogP contribution in [0.2, 0.25) is 0 Å². The molecule has 0 saturated carbocycles. The molecule has 1 fully saturated rings. The molecule has 0 aliphatic carbocycles. The summed E-state index contributed by atoms with van der Waals surface area (Å²) in [6, 6.07) is 1.71. The van der Waals surface area contributed by atoms with Crippen LogP contribution in [-0.4, -0.2) is 29.1 Å². The number of nitrogens with one attached hydrogen (secondary N) is 2. The van der Waals surface area contributed by atoms with Crippen molar-refractivity contribution < 1.29 is 9.32 Å². The molecule has 7 heteroatoms. The topological polar surface area (TPSA) is 80.0 Å². The van der Waals surface area contributed by atoms with Gasteiger partial charge in [-0.1, -0.05) is 19.0 Å². The highest BCUT2D eigenvalue weighted by molar-refractivity contribution is 7.15. The molecular formula is C16H22N4O2S. The molecule has 0 aromatic carbocycles. The number of aromatic nitrogens is 2. The van der Waals surface area contributed by atoms with Crippen LogP contribution in [-0.2, 0) is 0 Å². The van der Waals surface area contributed by atoms with Crippen molar-refractivity contribution in [2.45, 2.75) is 44.9 Å². The Bertz CT molecular complexity index is 661. The lowest BCUT2D eigenvalue weighted by Crippen LogP contribution is -2.26. The van der Waals surface area contributed by atoms with E-state index in [1.165, 1.54) is 4.88 Å². The Morgan fingerprint density at radius 2 is 2.30 bits per heavy atom. The fourth-order valence-electron chi connectivity index (χ4n) is 2.64. The van der Waals surface area contributed by atoms with Gasteiger partial charge in [0.2, 0.25) is 5.76 Å². The number of hydrogen-bond acceptors (Lipinski definition) is 6. The molecule has 6 nitrogen and oxygen atoms in total. The van der Waals surface area contributed by atoms with Gasteiger partial charge in [0.1, 0.15) is 0 Å². The van der Waals surface area contributed by atoms with Crippen LogP contribution in [0.5, 0.6) is 0 Å². The van der Waals surface area contributed by atoms with Gasteiger partial charge in [-0.2, -0.15) is 0 Å².